The highest BCUT2D eigenvalue weighted by molar-refractivity contribution is 6.16. The van der Waals surface area contributed by atoms with E-state index < -0.39 is 17.5 Å². The van der Waals surface area contributed by atoms with Crippen molar-refractivity contribution in [2.24, 2.45) is 0 Å². The molecule has 1 heterocycles. The summed E-state index contributed by atoms with van der Waals surface area (Å²) in [6.45, 7) is 3.73. The van der Waals surface area contributed by atoms with Crippen LogP contribution in [-0.2, 0) is 20.1 Å². The van der Waals surface area contributed by atoms with Crippen LogP contribution in [0.1, 0.15) is 5.56 Å². The number of hydrogen-bond donors (Lipinski definition) is 1. The Kier molecular flexibility index (Phi) is 3.72. The van der Waals surface area contributed by atoms with Gasteiger partial charge in [-0.05, 0) is 12.1 Å². The van der Waals surface area contributed by atoms with Crippen LogP contribution in [0.25, 0.3) is 0 Å². The number of anilines is 1. The summed E-state index contributed by atoms with van der Waals surface area (Å²) < 4.78 is 5.48. The zero-order chi connectivity index (χ0) is 16.4. The number of benzene rings is 2. The second-order valence-electron chi connectivity index (χ2n) is 5.13. The minimum Gasteiger partial charge on any atom is -0.347 e. The van der Waals surface area contributed by atoms with Gasteiger partial charge < -0.3 is 10.1 Å². The molecule has 1 aliphatic rings. The molecule has 0 spiro atoms. The minimum absolute atomic E-state index is 0.0600. The van der Waals surface area contributed by atoms with E-state index in [0.29, 0.717) is 11.3 Å². The van der Waals surface area contributed by atoms with Gasteiger partial charge in [-0.1, -0.05) is 55.1 Å². The third-order valence-electron chi connectivity index (χ3n) is 3.83. The van der Waals surface area contributed by atoms with Crippen LogP contribution in [0.15, 0.2) is 72.9 Å². The zero-order valence-electron chi connectivity index (χ0n) is 12.7. The van der Waals surface area contributed by atoms with Gasteiger partial charge in [0.25, 0.3) is 11.8 Å². The fourth-order valence-electron chi connectivity index (χ4n) is 2.64. The van der Waals surface area contributed by atoms with Crippen LogP contribution < -0.4 is 10.2 Å². The first-order chi connectivity index (χ1) is 11.1. The van der Waals surface area contributed by atoms with E-state index >= 15 is 0 Å². The van der Waals surface area contributed by atoms with E-state index in [-0.39, 0.29) is 5.70 Å². The Balaban J connectivity index is 2.14. The van der Waals surface area contributed by atoms with E-state index in [2.05, 4.69) is 11.9 Å². The lowest BCUT2D eigenvalue weighted by Gasteiger charge is -2.41. The van der Waals surface area contributed by atoms with Gasteiger partial charge in [0.05, 0.1) is 0 Å². The van der Waals surface area contributed by atoms with Gasteiger partial charge in [0.1, 0.15) is 5.70 Å². The molecular formula is C18H16N2O3. The van der Waals surface area contributed by atoms with Crippen molar-refractivity contribution in [2.45, 2.75) is 5.72 Å². The second-order valence-corrected chi connectivity index (χ2v) is 5.13. The van der Waals surface area contributed by atoms with Gasteiger partial charge in [-0.25, -0.2) is 0 Å². The van der Waals surface area contributed by atoms with Crippen molar-refractivity contribution in [3.8, 4) is 0 Å². The van der Waals surface area contributed by atoms with Crippen molar-refractivity contribution >= 4 is 17.5 Å². The van der Waals surface area contributed by atoms with E-state index in [9.17, 15) is 9.59 Å². The Bertz CT molecular complexity index is 758. The second kappa shape index (κ2) is 5.70. The topological polar surface area (TPSA) is 58.6 Å². The molecule has 0 bridgehead atoms. The molecule has 0 aliphatic carbocycles. The molecule has 5 nitrogen and oxygen atoms in total. The normalized spacial score (nSPS) is 21.3. The van der Waals surface area contributed by atoms with Crippen molar-refractivity contribution in [1.82, 2.24) is 5.32 Å². The largest absolute Gasteiger partial charge is 0.347 e. The SMILES string of the molecule is C=C1C(=O)NC(OC)(c2ccccc2)C(=O)N1c1ccccc1. The predicted octanol–water partition coefficient (Wildman–Crippen LogP) is 2.16. The maximum atomic E-state index is 13.2. The molecular weight excluding hydrogens is 292 g/mol. The molecule has 1 fully saturated rings. The van der Waals surface area contributed by atoms with Gasteiger partial charge in [-0.2, -0.15) is 0 Å². The summed E-state index contributed by atoms with van der Waals surface area (Å²) in [5.41, 5.74) is -0.399. The smallest absolute Gasteiger partial charge is 0.290 e. The van der Waals surface area contributed by atoms with Crippen LogP contribution >= 0.6 is 0 Å². The number of amides is 2. The number of nitrogens with one attached hydrogen (secondary N) is 1. The van der Waals surface area contributed by atoms with Crippen molar-refractivity contribution in [3.63, 3.8) is 0 Å². The Morgan fingerprint density at radius 2 is 1.57 bits per heavy atom. The molecule has 3 rings (SSSR count). The van der Waals surface area contributed by atoms with E-state index in [4.69, 9.17) is 4.74 Å². The molecule has 1 atom stereocenters. The molecule has 1 aliphatic heterocycles. The Hall–Kier alpha value is -2.92. The molecule has 23 heavy (non-hydrogen) atoms. The Morgan fingerprint density at radius 1 is 1.00 bits per heavy atom. The number of para-hydroxylation sites is 1. The number of rotatable bonds is 3. The highest BCUT2D eigenvalue weighted by atomic mass is 16.5. The molecule has 2 aromatic rings. The quantitative estimate of drug-likeness (QED) is 0.884. The molecule has 0 saturated carbocycles. The minimum atomic E-state index is -1.57. The highest BCUT2D eigenvalue weighted by Crippen LogP contribution is 2.33. The van der Waals surface area contributed by atoms with Gasteiger partial charge in [0, 0.05) is 18.4 Å². The molecule has 0 radical (unpaired) electrons. The van der Waals surface area contributed by atoms with Crippen LogP contribution in [-0.4, -0.2) is 18.9 Å². The first-order valence-electron chi connectivity index (χ1n) is 7.12. The summed E-state index contributed by atoms with van der Waals surface area (Å²) in [5, 5.41) is 2.64. The third-order valence-corrected chi connectivity index (χ3v) is 3.83. The first-order valence-corrected chi connectivity index (χ1v) is 7.12. The van der Waals surface area contributed by atoms with Gasteiger partial charge >= 0.3 is 0 Å². The summed E-state index contributed by atoms with van der Waals surface area (Å²) in [6.07, 6.45) is 0. The van der Waals surface area contributed by atoms with E-state index in [1.165, 1.54) is 12.0 Å². The van der Waals surface area contributed by atoms with Crippen molar-refractivity contribution in [2.75, 3.05) is 12.0 Å². The van der Waals surface area contributed by atoms with Gasteiger partial charge in [-0.3, -0.25) is 14.5 Å². The van der Waals surface area contributed by atoms with Crippen molar-refractivity contribution < 1.29 is 14.3 Å². The summed E-state index contributed by atoms with van der Waals surface area (Å²) in [5.74, 6) is -0.874. The Morgan fingerprint density at radius 3 is 2.13 bits per heavy atom. The third kappa shape index (κ3) is 2.31. The number of piperazine rings is 1. The highest BCUT2D eigenvalue weighted by Gasteiger charge is 2.51. The van der Waals surface area contributed by atoms with Crippen LogP contribution in [0.5, 0.6) is 0 Å². The number of methoxy groups -OCH3 is 1. The number of nitrogens with zero attached hydrogens (tertiary/aromatic N) is 1. The predicted molar refractivity (Wildman–Crippen MR) is 86.3 cm³/mol. The molecule has 1 saturated heterocycles. The molecule has 0 aromatic heterocycles. The average Bonchev–Trinajstić information content (AvgIpc) is 2.60. The van der Waals surface area contributed by atoms with E-state index in [0.717, 1.165) is 0 Å². The summed E-state index contributed by atoms with van der Waals surface area (Å²) in [4.78, 5) is 26.8. The number of hydrogen-bond acceptors (Lipinski definition) is 3. The van der Waals surface area contributed by atoms with Gasteiger partial charge in [0.15, 0.2) is 0 Å². The lowest BCUT2D eigenvalue weighted by molar-refractivity contribution is -0.155. The van der Waals surface area contributed by atoms with Crippen LogP contribution in [0.2, 0.25) is 0 Å². The van der Waals surface area contributed by atoms with Crippen molar-refractivity contribution in [1.29, 1.82) is 0 Å². The van der Waals surface area contributed by atoms with E-state index in [1.807, 2.05) is 12.1 Å². The maximum absolute atomic E-state index is 13.2. The van der Waals surface area contributed by atoms with Crippen molar-refractivity contribution in [3.05, 3.63) is 78.5 Å². The standard InChI is InChI=1S/C18H16N2O3/c1-13-16(21)19-18(23-2,14-9-5-3-6-10-14)17(22)20(13)15-11-7-4-8-12-15/h3-12H,1H2,2H3,(H,19,21). The summed E-state index contributed by atoms with van der Waals surface area (Å²) >= 11 is 0. The summed E-state index contributed by atoms with van der Waals surface area (Å²) in [6, 6.07) is 17.8. The Labute approximate surface area is 134 Å². The van der Waals surface area contributed by atoms with Gasteiger partial charge in [-0.15, -0.1) is 0 Å². The van der Waals surface area contributed by atoms with Crippen LogP contribution in [0.4, 0.5) is 5.69 Å². The number of carbonyl (C=O) groups is 2. The molecule has 5 heteroatoms. The number of ether oxygens (including phenoxy) is 1. The lowest BCUT2D eigenvalue weighted by Crippen LogP contribution is -2.64. The molecule has 1 N–H and O–H groups in total. The number of carbonyl (C=O) groups excluding carboxylic acids is 2. The fraction of sp³-hybridized carbons (Fsp3) is 0.111. The molecule has 2 amide bonds. The van der Waals surface area contributed by atoms with E-state index in [1.54, 1.807) is 48.5 Å². The molecule has 116 valence electrons. The average molecular weight is 308 g/mol. The first kappa shape index (κ1) is 15.0. The fourth-order valence-corrected chi connectivity index (χ4v) is 2.64. The lowest BCUT2D eigenvalue weighted by atomic mass is 9.97. The molecule has 2 aromatic carbocycles. The maximum Gasteiger partial charge on any atom is 0.290 e. The monoisotopic (exact) mass is 308 g/mol. The van der Waals surface area contributed by atoms with Crippen LogP contribution in [0, 0.1) is 0 Å². The summed E-state index contributed by atoms with van der Waals surface area (Å²) in [7, 11) is 1.39. The molecule has 1 unspecified atom stereocenters. The van der Waals surface area contributed by atoms with Gasteiger partial charge in [0.2, 0.25) is 5.72 Å². The van der Waals surface area contributed by atoms with Crippen LogP contribution in [0.3, 0.4) is 0 Å². The zero-order valence-corrected chi connectivity index (χ0v) is 12.7.